The highest BCUT2D eigenvalue weighted by Gasteiger charge is 2.31. The van der Waals surface area contributed by atoms with Gasteiger partial charge in [0.2, 0.25) is 5.91 Å². The Morgan fingerprint density at radius 1 is 1.10 bits per heavy atom. The Morgan fingerprint density at radius 2 is 1.80 bits per heavy atom. The summed E-state index contributed by atoms with van der Waals surface area (Å²) in [7, 11) is 1.27. The number of rotatable bonds is 4. The number of hydrogen-bond acceptors (Lipinski definition) is 4. The maximum Gasteiger partial charge on any atom is 0.416 e. The molecular formula is C21H13F3N2O4. The summed E-state index contributed by atoms with van der Waals surface area (Å²) in [5.41, 5.74) is 4.09. The Bertz CT molecular complexity index is 1240. The second-order valence-electron chi connectivity index (χ2n) is 6.30. The lowest BCUT2D eigenvalue weighted by molar-refractivity contribution is -0.137. The molecule has 0 aliphatic carbocycles. The normalized spacial score (nSPS) is 11.2. The van der Waals surface area contributed by atoms with Gasteiger partial charge in [-0.05, 0) is 41.1 Å². The monoisotopic (exact) mass is 414 g/mol. The molecule has 0 atom stereocenters. The smallest absolute Gasteiger partial charge is 0.416 e. The molecule has 0 saturated carbocycles. The van der Waals surface area contributed by atoms with E-state index in [1.807, 2.05) is 6.07 Å². The number of benzene rings is 3. The largest absolute Gasteiger partial charge is 0.495 e. The highest BCUT2D eigenvalue weighted by molar-refractivity contribution is 6.12. The van der Waals surface area contributed by atoms with Crippen molar-refractivity contribution in [2.45, 2.75) is 6.18 Å². The van der Waals surface area contributed by atoms with E-state index in [9.17, 15) is 33.1 Å². The van der Waals surface area contributed by atoms with Crippen LogP contribution < -0.4 is 10.5 Å². The van der Waals surface area contributed by atoms with E-state index in [2.05, 4.69) is 0 Å². The molecule has 0 heterocycles. The summed E-state index contributed by atoms with van der Waals surface area (Å²) in [6.07, 6.45) is -4.58. The van der Waals surface area contributed by atoms with Crippen molar-refractivity contribution in [2.75, 3.05) is 7.11 Å². The van der Waals surface area contributed by atoms with Gasteiger partial charge in [-0.1, -0.05) is 12.1 Å². The van der Waals surface area contributed by atoms with Crippen molar-refractivity contribution in [1.29, 1.82) is 5.26 Å². The third-order valence-electron chi connectivity index (χ3n) is 4.57. The van der Waals surface area contributed by atoms with Crippen LogP contribution in [0, 0.1) is 11.3 Å². The van der Waals surface area contributed by atoms with Crippen LogP contribution in [0.3, 0.4) is 0 Å². The number of primary amides is 1. The fourth-order valence-corrected chi connectivity index (χ4v) is 3.22. The fourth-order valence-electron chi connectivity index (χ4n) is 3.22. The summed E-state index contributed by atoms with van der Waals surface area (Å²) in [4.78, 5) is 23.9. The zero-order valence-corrected chi connectivity index (χ0v) is 15.4. The van der Waals surface area contributed by atoms with Crippen molar-refractivity contribution in [3.8, 4) is 22.9 Å². The van der Waals surface area contributed by atoms with Crippen LogP contribution in [0.5, 0.6) is 5.75 Å². The van der Waals surface area contributed by atoms with Gasteiger partial charge in [0.05, 0.1) is 23.8 Å². The van der Waals surface area contributed by atoms with E-state index in [1.165, 1.54) is 25.3 Å². The molecule has 0 aromatic heterocycles. The van der Waals surface area contributed by atoms with Gasteiger partial charge in [0.25, 0.3) is 0 Å². The van der Waals surface area contributed by atoms with Crippen molar-refractivity contribution in [3.05, 3.63) is 64.7 Å². The average Bonchev–Trinajstić information content (AvgIpc) is 2.70. The molecule has 1 amide bonds. The molecule has 0 unspecified atom stereocenters. The molecule has 0 bridgehead atoms. The Balaban J connectivity index is 2.48. The first-order valence-electron chi connectivity index (χ1n) is 8.38. The lowest BCUT2D eigenvalue weighted by atomic mass is 9.88. The molecule has 3 rings (SSSR count). The van der Waals surface area contributed by atoms with Gasteiger partial charge in [-0.25, -0.2) is 4.79 Å². The number of hydrogen-bond donors (Lipinski definition) is 2. The van der Waals surface area contributed by atoms with Gasteiger partial charge in [0.1, 0.15) is 11.8 Å². The van der Waals surface area contributed by atoms with Gasteiger partial charge in [0.15, 0.2) is 0 Å². The predicted molar refractivity (Wildman–Crippen MR) is 101 cm³/mol. The van der Waals surface area contributed by atoms with Gasteiger partial charge in [0, 0.05) is 16.7 Å². The van der Waals surface area contributed by atoms with Crippen LogP contribution in [0.25, 0.3) is 21.9 Å². The van der Waals surface area contributed by atoms with Crippen LogP contribution in [0.2, 0.25) is 0 Å². The number of amides is 1. The van der Waals surface area contributed by atoms with Crippen LogP contribution in [-0.4, -0.2) is 24.1 Å². The number of halogens is 3. The maximum atomic E-state index is 13.1. The predicted octanol–water partition coefficient (Wildman–Crippen LogP) is 4.20. The highest BCUT2D eigenvalue weighted by Crippen LogP contribution is 2.39. The number of carbonyl (C=O) groups excluding carboxylic acids is 1. The quantitative estimate of drug-likeness (QED) is 0.664. The fraction of sp³-hybridized carbons (Fsp3) is 0.0952. The second-order valence-corrected chi connectivity index (χ2v) is 6.30. The number of carboxylic acid groups (broad SMARTS) is 1. The van der Waals surface area contributed by atoms with Crippen molar-refractivity contribution in [3.63, 3.8) is 0 Å². The molecular weight excluding hydrogens is 401 g/mol. The summed E-state index contributed by atoms with van der Waals surface area (Å²) in [6, 6.07) is 9.55. The number of nitrogens with zero attached hydrogens (tertiary/aromatic N) is 1. The summed E-state index contributed by atoms with van der Waals surface area (Å²) in [6.45, 7) is 0. The Hall–Kier alpha value is -4.06. The minimum Gasteiger partial charge on any atom is -0.495 e. The van der Waals surface area contributed by atoms with Gasteiger partial charge in [-0.15, -0.1) is 0 Å². The van der Waals surface area contributed by atoms with Gasteiger partial charge in [-0.2, -0.15) is 18.4 Å². The van der Waals surface area contributed by atoms with E-state index in [-0.39, 0.29) is 44.3 Å². The SMILES string of the molecule is COc1cc(-c2c(C(N)=O)ccc3cc(C(F)(F)F)ccc23)c(C(=O)O)cc1C#N. The number of carboxylic acids is 1. The van der Waals surface area contributed by atoms with Crippen LogP contribution >= 0.6 is 0 Å². The lowest BCUT2D eigenvalue weighted by Crippen LogP contribution is -2.14. The number of nitriles is 1. The first-order valence-corrected chi connectivity index (χ1v) is 8.38. The number of nitrogens with two attached hydrogens (primary N) is 1. The third-order valence-corrected chi connectivity index (χ3v) is 4.57. The van der Waals surface area contributed by atoms with Crippen LogP contribution in [-0.2, 0) is 6.18 Å². The minimum absolute atomic E-state index is 0.0162. The average molecular weight is 414 g/mol. The Kier molecular flexibility index (Phi) is 5.10. The van der Waals surface area contributed by atoms with E-state index in [0.717, 1.165) is 24.3 Å². The molecule has 0 aliphatic rings. The molecule has 152 valence electrons. The molecule has 6 nitrogen and oxygen atoms in total. The zero-order valence-electron chi connectivity index (χ0n) is 15.4. The third kappa shape index (κ3) is 3.51. The number of carbonyl (C=O) groups is 2. The molecule has 3 aromatic carbocycles. The lowest BCUT2D eigenvalue weighted by Gasteiger charge is -2.17. The van der Waals surface area contributed by atoms with Gasteiger partial charge >= 0.3 is 12.1 Å². The van der Waals surface area contributed by atoms with E-state index < -0.39 is 23.6 Å². The van der Waals surface area contributed by atoms with E-state index in [4.69, 9.17) is 10.5 Å². The number of ether oxygens (including phenoxy) is 1. The number of alkyl halides is 3. The van der Waals surface area contributed by atoms with Crippen molar-refractivity contribution in [2.24, 2.45) is 5.73 Å². The maximum absolute atomic E-state index is 13.1. The topological polar surface area (TPSA) is 113 Å². The molecule has 0 saturated heterocycles. The van der Waals surface area contributed by atoms with E-state index >= 15 is 0 Å². The zero-order chi connectivity index (χ0) is 22.2. The highest BCUT2D eigenvalue weighted by atomic mass is 19.4. The summed E-state index contributed by atoms with van der Waals surface area (Å²) in [5.74, 6) is -2.26. The van der Waals surface area contributed by atoms with Gasteiger partial charge < -0.3 is 15.6 Å². The Morgan fingerprint density at radius 3 is 2.33 bits per heavy atom. The second kappa shape index (κ2) is 7.40. The molecule has 3 aromatic rings. The minimum atomic E-state index is -4.58. The summed E-state index contributed by atoms with van der Waals surface area (Å²) >= 11 is 0. The molecule has 0 spiro atoms. The Labute approximate surface area is 167 Å². The van der Waals surface area contributed by atoms with Crippen molar-refractivity contribution >= 4 is 22.6 Å². The molecule has 9 heteroatoms. The van der Waals surface area contributed by atoms with Crippen molar-refractivity contribution in [1.82, 2.24) is 0 Å². The summed E-state index contributed by atoms with van der Waals surface area (Å²) in [5, 5.41) is 19.2. The molecule has 0 aliphatic heterocycles. The molecule has 3 N–H and O–H groups in total. The standard InChI is InChI=1S/C21H13F3N2O4/c1-30-17-8-15(16(20(28)29)7-11(17)9-25)18-13-5-3-12(21(22,23)24)6-10(13)2-4-14(18)19(26)27/h2-8H,1H3,(H2,26,27)(H,28,29). The van der Waals surface area contributed by atoms with Crippen LogP contribution in [0.1, 0.15) is 31.8 Å². The molecule has 0 fully saturated rings. The molecule has 0 radical (unpaired) electrons. The van der Waals surface area contributed by atoms with Gasteiger partial charge in [-0.3, -0.25) is 4.79 Å². The van der Waals surface area contributed by atoms with Crippen LogP contribution in [0.15, 0.2) is 42.5 Å². The van der Waals surface area contributed by atoms with E-state index in [1.54, 1.807) is 0 Å². The summed E-state index contributed by atoms with van der Waals surface area (Å²) < 4.78 is 44.4. The number of methoxy groups -OCH3 is 1. The van der Waals surface area contributed by atoms with Crippen molar-refractivity contribution < 1.29 is 32.6 Å². The first-order chi connectivity index (χ1) is 14.1. The van der Waals surface area contributed by atoms with E-state index in [0.29, 0.717) is 0 Å². The number of aromatic carboxylic acids is 1. The number of fused-ring (bicyclic) bond motifs is 1. The first kappa shape index (κ1) is 20.7. The van der Waals surface area contributed by atoms with Crippen LogP contribution in [0.4, 0.5) is 13.2 Å². The molecule has 30 heavy (non-hydrogen) atoms.